The molecule has 0 rings (SSSR count). The molecule has 0 aromatic heterocycles. The van der Waals surface area contributed by atoms with Crippen LogP contribution in [0.15, 0.2) is 12.7 Å². The van der Waals surface area contributed by atoms with Crippen LogP contribution in [0.1, 0.15) is 64.2 Å². The number of unbranched alkanes of at least 4 members (excludes halogenated alkanes) is 8. The molecule has 0 aromatic rings. The van der Waals surface area contributed by atoms with Gasteiger partial charge in [0.2, 0.25) is 0 Å². The third kappa shape index (κ3) is 15.2. The second-order valence-corrected chi connectivity index (χ2v) is 4.43. The Kier molecular flexibility index (Phi) is 14.5. The lowest BCUT2D eigenvalue weighted by Crippen LogP contribution is -1.95. The van der Waals surface area contributed by atoms with Crippen LogP contribution in [0, 0.1) is 11.3 Å². The number of nitriles is 1. The van der Waals surface area contributed by atoms with Crippen LogP contribution in [0.4, 0.5) is 0 Å². The number of nitrogens with zero attached hydrogens (tertiary/aromatic N) is 1. The summed E-state index contributed by atoms with van der Waals surface area (Å²) in [4.78, 5) is 0. The second kappa shape index (κ2) is 15.2. The van der Waals surface area contributed by atoms with E-state index in [1.807, 2.05) is 6.08 Å². The fraction of sp³-hybridized carbons (Fsp3) is 0.800. The smallest absolute Gasteiger partial charge is 0.0645 e. The molecule has 0 N–H and O–H groups in total. The molecule has 0 spiro atoms. The van der Waals surface area contributed by atoms with Gasteiger partial charge in [-0.3, -0.25) is 0 Å². The highest BCUT2D eigenvalue weighted by atomic mass is 16.5. The molecular weight excluding hydrogens is 210 g/mol. The molecule has 0 aromatic carbocycles. The zero-order valence-electron chi connectivity index (χ0n) is 11.1. The van der Waals surface area contributed by atoms with Crippen LogP contribution < -0.4 is 0 Å². The maximum Gasteiger partial charge on any atom is 0.0645 e. The Morgan fingerprint density at radius 3 is 2.06 bits per heavy atom. The summed E-state index contributed by atoms with van der Waals surface area (Å²) >= 11 is 0. The average molecular weight is 237 g/mol. The maximum absolute atomic E-state index is 8.31. The second-order valence-electron chi connectivity index (χ2n) is 4.43. The highest BCUT2D eigenvalue weighted by Crippen LogP contribution is 2.09. The van der Waals surface area contributed by atoms with Gasteiger partial charge in [0.1, 0.15) is 0 Å². The van der Waals surface area contributed by atoms with E-state index in [1.165, 1.54) is 51.4 Å². The molecule has 0 saturated carbocycles. The van der Waals surface area contributed by atoms with Crippen molar-refractivity contribution in [3.63, 3.8) is 0 Å². The summed E-state index contributed by atoms with van der Waals surface area (Å²) in [6, 6.07) is 2.08. The lowest BCUT2D eigenvalue weighted by molar-refractivity contribution is 0.135. The van der Waals surface area contributed by atoms with E-state index in [-0.39, 0.29) is 0 Å². The van der Waals surface area contributed by atoms with Gasteiger partial charge in [-0.25, -0.2) is 0 Å². The predicted molar refractivity (Wildman–Crippen MR) is 72.8 cm³/mol. The molecule has 0 amide bonds. The highest BCUT2D eigenvalue weighted by Gasteiger charge is 1.92. The van der Waals surface area contributed by atoms with Crippen molar-refractivity contribution in [1.82, 2.24) is 0 Å². The molecule has 2 heteroatoms. The lowest BCUT2D eigenvalue weighted by atomic mass is 10.1. The van der Waals surface area contributed by atoms with Gasteiger partial charge in [0.15, 0.2) is 0 Å². The van der Waals surface area contributed by atoms with E-state index >= 15 is 0 Å². The zero-order chi connectivity index (χ0) is 12.6. The Balaban J connectivity index is 2.89. The van der Waals surface area contributed by atoms with E-state index in [0.717, 1.165) is 13.0 Å². The molecule has 0 aliphatic heterocycles. The first-order valence-corrected chi connectivity index (χ1v) is 6.97. The van der Waals surface area contributed by atoms with Gasteiger partial charge in [-0.2, -0.15) is 5.26 Å². The highest BCUT2D eigenvalue weighted by molar-refractivity contribution is 4.67. The Hall–Kier alpha value is -0.810. The van der Waals surface area contributed by atoms with Crippen molar-refractivity contribution in [3.05, 3.63) is 12.7 Å². The van der Waals surface area contributed by atoms with E-state index in [4.69, 9.17) is 10.00 Å². The Morgan fingerprint density at radius 1 is 0.882 bits per heavy atom. The number of allylic oxidation sites excluding steroid dienone is 1. The van der Waals surface area contributed by atoms with Gasteiger partial charge in [-0.05, 0) is 19.3 Å². The summed E-state index contributed by atoms with van der Waals surface area (Å²) in [5, 5.41) is 8.31. The molecule has 17 heavy (non-hydrogen) atoms. The largest absolute Gasteiger partial charge is 0.380 e. The summed E-state index contributed by atoms with van der Waals surface area (Å²) in [6.45, 7) is 5.14. The molecule has 0 aliphatic rings. The maximum atomic E-state index is 8.31. The van der Waals surface area contributed by atoms with Crippen molar-refractivity contribution in [1.29, 1.82) is 5.26 Å². The molecule has 0 saturated heterocycles. The number of ether oxygens (including phenoxy) is 1. The van der Waals surface area contributed by atoms with Crippen molar-refractivity contribution < 1.29 is 4.74 Å². The molecular formula is C15H27NO. The van der Waals surface area contributed by atoms with Gasteiger partial charge in [0, 0.05) is 6.61 Å². The van der Waals surface area contributed by atoms with Crippen LogP contribution in [0.25, 0.3) is 0 Å². The molecule has 0 unspecified atom stereocenters. The number of hydrogen-bond acceptors (Lipinski definition) is 2. The van der Waals surface area contributed by atoms with Crippen LogP contribution in [0.3, 0.4) is 0 Å². The van der Waals surface area contributed by atoms with Gasteiger partial charge in [0.25, 0.3) is 0 Å². The molecule has 0 fully saturated rings. The van der Waals surface area contributed by atoms with Crippen molar-refractivity contribution in [2.45, 2.75) is 64.2 Å². The summed E-state index contributed by atoms with van der Waals surface area (Å²) in [5.41, 5.74) is 0. The van der Waals surface area contributed by atoms with Crippen molar-refractivity contribution in [2.24, 2.45) is 0 Å². The third-order valence-electron chi connectivity index (χ3n) is 2.81. The Morgan fingerprint density at radius 2 is 1.47 bits per heavy atom. The van der Waals surface area contributed by atoms with E-state index in [2.05, 4.69) is 12.6 Å². The molecule has 0 radical (unpaired) electrons. The first kappa shape index (κ1) is 16.2. The van der Waals surface area contributed by atoms with Gasteiger partial charge < -0.3 is 4.74 Å². The molecule has 0 bridgehead atoms. The van der Waals surface area contributed by atoms with E-state index in [9.17, 15) is 0 Å². The minimum absolute atomic E-state index is 0.519. The van der Waals surface area contributed by atoms with Crippen LogP contribution in [-0.4, -0.2) is 13.2 Å². The molecule has 0 aliphatic carbocycles. The summed E-state index contributed by atoms with van der Waals surface area (Å²) in [5.74, 6) is 0. The summed E-state index contributed by atoms with van der Waals surface area (Å²) in [7, 11) is 0. The minimum atomic E-state index is 0.519. The minimum Gasteiger partial charge on any atom is -0.380 e. The summed E-state index contributed by atoms with van der Waals surface area (Å²) in [6.07, 6.45) is 14.2. The van der Waals surface area contributed by atoms with Crippen LogP contribution in [0.2, 0.25) is 0 Å². The average Bonchev–Trinajstić information content (AvgIpc) is 2.35. The topological polar surface area (TPSA) is 33.0 Å². The first-order chi connectivity index (χ1) is 8.41. The van der Waals surface area contributed by atoms with Gasteiger partial charge in [-0.15, -0.1) is 6.58 Å². The van der Waals surface area contributed by atoms with Crippen LogP contribution >= 0.6 is 0 Å². The number of hydrogen-bond donors (Lipinski definition) is 0. The fourth-order valence-electron chi connectivity index (χ4n) is 1.77. The van der Waals surface area contributed by atoms with Crippen molar-refractivity contribution in [2.75, 3.05) is 13.2 Å². The zero-order valence-corrected chi connectivity index (χ0v) is 11.1. The van der Waals surface area contributed by atoms with E-state index in [0.29, 0.717) is 13.0 Å². The Labute approximate surface area is 107 Å². The number of rotatable bonds is 13. The van der Waals surface area contributed by atoms with Gasteiger partial charge in [-0.1, -0.05) is 44.6 Å². The van der Waals surface area contributed by atoms with Crippen LogP contribution in [0.5, 0.6) is 0 Å². The standard InChI is InChI=1S/C15H27NO/c1-2-3-4-5-6-7-8-9-10-11-14-17-15-12-13-16/h2H,1,3-12,14-15H2. The van der Waals surface area contributed by atoms with E-state index in [1.54, 1.807) is 0 Å². The molecule has 0 heterocycles. The first-order valence-electron chi connectivity index (χ1n) is 6.97. The van der Waals surface area contributed by atoms with Gasteiger partial charge >= 0.3 is 0 Å². The molecule has 0 atom stereocenters. The third-order valence-corrected chi connectivity index (χ3v) is 2.81. The summed E-state index contributed by atoms with van der Waals surface area (Å²) < 4.78 is 5.31. The SMILES string of the molecule is C=CCCCCCCCCCCOCCC#N. The lowest BCUT2D eigenvalue weighted by Gasteiger charge is -2.02. The Bertz CT molecular complexity index is 196. The van der Waals surface area contributed by atoms with Crippen molar-refractivity contribution >= 4 is 0 Å². The quantitative estimate of drug-likeness (QED) is 0.346. The molecule has 98 valence electrons. The van der Waals surface area contributed by atoms with Crippen molar-refractivity contribution in [3.8, 4) is 6.07 Å². The van der Waals surface area contributed by atoms with Gasteiger partial charge in [0.05, 0.1) is 19.1 Å². The normalized spacial score (nSPS) is 10.1. The molecule has 2 nitrogen and oxygen atoms in total. The van der Waals surface area contributed by atoms with E-state index < -0.39 is 0 Å². The van der Waals surface area contributed by atoms with Crippen LogP contribution in [-0.2, 0) is 4.74 Å². The fourth-order valence-corrected chi connectivity index (χ4v) is 1.77. The predicted octanol–water partition coefficient (Wildman–Crippen LogP) is 4.61. The monoisotopic (exact) mass is 237 g/mol.